The van der Waals surface area contributed by atoms with Gasteiger partial charge in [0.05, 0.1) is 11.6 Å². The molecular weight excluding hydrogens is 325 g/mol. The number of phenolic OH excluding ortho intramolecular Hbond substituents is 1. The van der Waals surface area contributed by atoms with Gasteiger partial charge in [0.2, 0.25) is 0 Å². The van der Waals surface area contributed by atoms with Gasteiger partial charge in [-0.2, -0.15) is 0 Å². The normalized spacial score (nSPS) is 11.9. The molecule has 1 atom stereocenters. The van der Waals surface area contributed by atoms with Crippen molar-refractivity contribution in [1.82, 2.24) is 5.32 Å². The van der Waals surface area contributed by atoms with E-state index < -0.39 is 11.7 Å². The van der Waals surface area contributed by atoms with Crippen molar-refractivity contribution < 1.29 is 14.3 Å². The Balaban J connectivity index is 2.15. The van der Waals surface area contributed by atoms with E-state index in [1.807, 2.05) is 31.2 Å². The van der Waals surface area contributed by atoms with Crippen LogP contribution >= 0.6 is 15.9 Å². The summed E-state index contributed by atoms with van der Waals surface area (Å²) in [5.41, 5.74) is 0.975. The van der Waals surface area contributed by atoms with Crippen LogP contribution in [-0.2, 0) is 0 Å². The molecule has 0 aromatic heterocycles. The number of phenols is 1. The highest BCUT2D eigenvalue weighted by atomic mass is 79.9. The molecule has 0 bridgehead atoms. The Bertz CT molecular complexity index is 646. The van der Waals surface area contributed by atoms with Crippen LogP contribution in [0.4, 0.5) is 4.39 Å². The Kier molecular flexibility index (Phi) is 4.39. The maximum atomic E-state index is 12.9. The third kappa shape index (κ3) is 3.36. The number of benzene rings is 2. The van der Waals surface area contributed by atoms with Gasteiger partial charge in [0, 0.05) is 10.5 Å². The van der Waals surface area contributed by atoms with Gasteiger partial charge in [0.1, 0.15) is 11.6 Å². The Morgan fingerprint density at radius 2 is 2.05 bits per heavy atom. The molecule has 20 heavy (non-hydrogen) atoms. The smallest absolute Gasteiger partial charge is 0.255 e. The van der Waals surface area contributed by atoms with E-state index in [9.17, 15) is 14.3 Å². The molecule has 5 heteroatoms. The van der Waals surface area contributed by atoms with Crippen molar-refractivity contribution in [2.75, 3.05) is 0 Å². The molecule has 0 spiro atoms. The predicted molar refractivity (Wildman–Crippen MR) is 78.1 cm³/mol. The number of rotatable bonds is 3. The van der Waals surface area contributed by atoms with E-state index in [0.29, 0.717) is 0 Å². The quantitative estimate of drug-likeness (QED) is 0.895. The Morgan fingerprint density at radius 3 is 2.70 bits per heavy atom. The van der Waals surface area contributed by atoms with Crippen LogP contribution in [0, 0.1) is 5.82 Å². The van der Waals surface area contributed by atoms with E-state index in [-0.39, 0.29) is 17.4 Å². The molecule has 104 valence electrons. The number of carbonyl (C=O) groups excluding carboxylic acids is 1. The highest BCUT2D eigenvalue weighted by Crippen LogP contribution is 2.21. The predicted octanol–water partition coefficient (Wildman–Crippen LogP) is 3.78. The lowest BCUT2D eigenvalue weighted by atomic mass is 10.1. The summed E-state index contributed by atoms with van der Waals surface area (Å²) in [5.74, 6) is -1.40. The fraction of sp³-hybridized carbons (Fsp3) is 0.133. The summed E-state index contributed by atoms with van der Waals surface area (Å²) in [6, 6.07) is 10.6. The number of hydrogen-bond donors (Lipinski definition) is 2. The van der Waals surface area contributed by atoms with Gasteiger partial charge >= 0.3 is 0 Å². The second-order valence-corrected chi connectivity index (χ2v) is 5.33. The summed E-state index contributed by atoms with van der Waals surface area (Å²) >= 11 is 3.37. The Hall–Kier alpha value is -1.88. The SMILES string of the molecule is CC(NC(=O)c1ccc(F)cc1O)c1cccc(Br)c1. The molecule has 0 saturated carbocycles. The van der Waals surface area contributed by atoms with Gasteiger partial charge < -0.3 is 10.4 Å². The molecule has 0 aliphatic carbocycles. The first-order valence-electron chi connectivity index (χ1n) is 6.02. The molecule has 2 aromatic rings. The van der Waals surface area contributed by atoms with Gasteiger partial charge in [-0.3, -0.25) is 4.79 Å². The van der Waals surface area contributed by atoms with Crippen LogP contribution in [-0.4, -0.2) is 11.0 Å². The number of nitrogens with one attached hydrogen (secondary N) is 1. The number of carbonyl (C=O) groups is 1. The fourth-order valence-corrected chi connectivity index (χ4v) is 2.25. The fourth-order valence-electron chi connectivity index (χ4n) is 1.83. The number of hydrogen-bond acceptors (Lipinski definition) is 2. The molecule has 0 fully saturated rings. The lowest BCUT2D eigenvalue weighted by Crippen LogP contribution is -2.26. The number of amides is 1. The average molecular weight is 338 g/mol. The standard InChI is InChI=1S/C15H13BrFNO2/c1-9(10-3-2-4-11(16)7-10)18-15(20)13-6-5-12(17)8-14(13)19/h2-9,19H,1H3,(H,18,20). The minimum absolute atomic E-state index is 0.0493. The lowest BCUT2D eigenvalue weighted by molar-refractivity contribution is 0.0937. The highest BCUT2D eigenvalue weighted by molar-refractivity contribution is 9.10. The molecule has 0 radical (unpaired) electrons. The van der Waals surface area contributed by atoms with Gasteiger partial charge in [-0.15, -0.1) is 0 Å². The van der Waals surface area contributed by atoms with E-state index >= 15 is 0 Å². The van der Waals surface area contributed by atoms with Crippen LogP contribution in [0.3, 0.4) is 0 Å². The van der Waals surface area contributed by atoms with Gasteiger partial charge in [0.25, 0.3) is 5.91 Å². The molecule has 2 aromatic carbocycles. The zero-order valence-corrected chi connectivity index (χ0v) is 12.3. The first kappa shape index (κ1) is 14.5. The maximum absolute atomic E-state index is 12.9. The number of halogens is 2. The highest BCUT2D eigenvalue weighted by Gasteiger charge is 2.15. The minimum Gasteiger partial charge on any atom is -0.507 e. The van der Waals surface area contributed by atoms with E-state index in [1.165, 1.54) is 6.07 Å². The summed E-state index contributed by atoms with van der Waals surface area (Å²) in [4.78, 5) is 12.0. The zero-order valence-electron chi connectivity index (χ0n) is 10.7. The third-order valence-corrected chi connectivity index (χ3v) is 3.39. The second kappa shape index (κ2) is 6.05. The first-order chi connectivity index (χ1) is 9.47. The lowest BCUT2D eigenvalue weighted by Gasteiger charge is -2.15. The number of aromatic hydroxyl groups is 1. The van der Waals surface area contributed by atoms with Crippen molar-refractivity contribution in [1.29, 1.82) is 0 Å². The summed E-state index contributed by atoms with van der Waals surface area (Å²) in [6.07, 6.45) is 0. The van der Waals surface area contributed by atoms with Crippen molar-refractivity contribution >= 4 is 21.8 Å². The van der Waals surface area contributed by atoms with Crippen molar-refractivity contribution in [3.63, 3.8) is 0 Å². The van der Waals surface area contributed by atoms with Crippen LogP contribution in [0.25, 0.3) is 0 Å². The summed E-state index contributed by atoms with van der Waals surface area (Å²) in [6.45, 7) is 1.83. The largest absolute Gasteiger partial charge is 0.507 e. The molecule has 3 nitrogen and oxygen atoms in total. The van der Waals surface area contributed by atoms with Gasteiger partial charge in [0.15, 0.2) is 0 Å². The van der Waals surface area contributed by atoms with E-state index in [1.54, 1.807) is 0 Å². The molecular formula is C15H13BrFNO2. The molecule has 0 aliphatic heterocycles. The topological polar surface area (TPSA) is 49.3 Å². The molecule has 1 unspecified atom stereocenters. The van der Waals surface area contributed by atoms with Crippen LogP contribution in [0.5, 0.6) is 5.75 Å². The van der Waals surface area contributed by atoms with Crippen LogP contribution in [0.1, 0.15) is 28.9 Å². The molecule has 0 saturated heterocycles. The van der Waals surface area contributed by atoms with Crippen molar-refractivity contribution in [2.24, 2.45) is 0 Å². The molecule has 2 rings (SSSR count). The monoisotopic (exact) mass is 337 g/mol. The second-order valence-electron chi connectivity index (χ2n) is 4.41. The third-order valence-electron chi connectivity index (χ3n) is 2.90. The minimum atomic E-state index is -0.584. The average Bonchev–Trinajstić information content (AvgIpc) is 2.38. The zero-order chi connectivity index (χ0) is 14.7. The molecule has 0 heterocycles. The first-order valence-corrected chi connectivity index (χ1v) is 6.81. The molecule has 2 N–H and O–H groups in total. The van der Waals surface area contributed by atoms with E-state index in [4.69, 9.17) is 0 Å². The van der Waals surface area contributed by atoms with Crippen LogP contribution in [0.15, 0.2) is 46.9 Å². The van der Waals surface area contributed by atoms with E-state index in [0.717, 1.165) is 22.2 Å². The summed E-state index contributed by atoms with van der Waals surface area (Å²) in [5, 5.41) is 12.3. The maximum Gasteiger partial charge on any atom is 0.255 e. The van der Waals surface area contributed by atoms with Crippen molar-refractivity contribution in [3.05, 3.63) is 63.9 Å². The van der Waals surface area contributed by atoms with Crippen molar-refractivity contribution in [3.8, 4) is 5.75 Å². The Labute approximate surface area is 124 Å². The summed E-state index contributed by atoms with van der Waals surface area (Å²) < 4.78 is 13.8. The molecule has 0 aliphatic rings. The summed E-state index contributed by atoms with van der Waals surface area (Å²) in [7, 11) is 0. The van der Waals surface area contributed by atoms with Gasteiger partial charge in [-0.1, -0.05) is 28.1 Å². The van der Waals surface area contributed by atoms with Crippen molar-refractivity contribution in [2.45, 2.75) is 13.0 Å². The van der Waals surface area contributed by atoms with E-state index in [2.05, 4.69) is 21.2 Å². The van der Waals surface area contributed by atoms with Crippen LogP contribution < -0.4 is 5.32 Å². The Morgan fingerprint density at radius 1 is 1.30 bits per heavy atom. The van der Waals surface area contributed by atoms with Gasteiger partial charge in [-0.25, -0.2) is 4.39 Å². The molecule has 1 amide bonds. The van der Waals surface area contributed by atoms with Gasteiger partial charge in [-0.05, 0) is 36.8 Å². The van der Waals surface area contributed by atoms with Crippen LogP contribution in [0.2, 0.25) is 0 Å².